The molecule has 2 aromatic carbocycles. The lowest BCUT2D eigenvalue weighted by molar-refractivity contribution is -0.344. The summed E-state index contributed by atoms with van der Waals surface area (Å²) >= 11 is 0. The van der Waals surface area contributed by atoms with E-state index in [1.165, 1.54) is 150 Å². The summed E-state index contributed by atoms with van der Waals surface area (Å²) < 4.78 is 1.48. The summed E-state index contributed by atoms with van der Waals surface area (Å²) in [5.74, 6) is 0. The molecular formula is C47H70N2. The average Bonchev–Trinajstić information content (AvgIpc) is 3.45. The van der Waals surface area contributed by atoms with Gasteiger partial charge in [-0.25, -0.2) is 4.70 Å². The monoisotopic (exact) mass is 663 g/mol. The Hall–Kier alpha value is -3.00. The van der Waals surface area contributed by atoms with Crippen molar-refractivity contribution in [3.8, 4) is 0 Å². The van der Waals surface area contributed by atoms with E-state index in [4.69, 9.17) is 0 Å². The zero-order valence-electron chi connectivity index (χ0n) is 31.5. The fourth-order valence-electron chi connectivity index (χ4n) is 7.44. The molecule has 0 amide bonds. The summed E-state index contributed by atoms with van der Waals surface area (Å²) in [4.78, 5) is 0. The Morgan fingerprint density at radius 3 is 1.35 bits per heavy atom. The molecule has 1 aliphatic rings. The minimum atomic E-state index is 0.895. The van der Waals surface area contributed by atoms with E-state index in [0.29, 0.717) is 0 Å². The molecule has 0 radical (unpaired) electrons. The Morgan fingerprint density at radius 1 is 0.510 bits per heavy atom. The number of hydrogen-bond donors (Lipinski definition) is 0. The first-order valence-electron chi connectivity index (χ1n) is 20.5. The Labute approximate surface area is 302 Å². The number of nitrogens with zero attached hydrogens (tertiary/aromatic N) is 2. The summed E-state index contributed by atoms with van der Waals surface area (Å²) in [5, 5.41) is 0. The summed E-state index contributed by atoms with van der Waals surface area (Å²) in [6, 6.07) is 17.1. The molecule has 268 valence electrons. The fourth-order valence-corrected chi connectivity index (χ4v) is 7.44. The smallest absolute Gasteiger partial charge is 0.211 e. The molecule has 0 unspecified atom stereocenters. The van der Waals surface area contributed by atoms with Gasteiger partial charge < -0.3 is 5.53 Å². The largest absolute Gasteiger partial charge is 0.493 e. The second-order valence-corrected chi connectivity index (χ2v) is 14.5. The predicted octanol–water partition coefficient (Wildman–Crippen LogP) is 15.3. The molecule has 0 aromatic heterocycles. The van der Waals surface area contributed by atoms with Crippen molar-refractivity contribution < 1.29 is 4.70 Å². The third-order valence-electron chi connectivity index (χ3n) is 10.4. The van der Waals surface area contributed by atoms with E-state index >= 15 is 0 Å². The molecule has 0 fully saturated rings. The van der Waals surface area contributed by atoms with Crippen molar-refractivity contribution in [2.24, 2.45) is 0 Å². The highest BCUT2D eigenvalue weighted by Crippen LogP contribution is 2.40. The molecule has 0 spiro atoms. The van der Waals surface area contributed by atoms with Gasteiger partial charge in [0, 0.05) is 22.8 Å². The van der Waals surface area contributed by atoms with Gasteiger partial charge in [-0.15, -0.1) is 13.2 Å². The van der Waals surface area contributed by atoms with Crippen LogP contribution in [0.4, 0.5) is 0 Å². The van der Waals surface area contributed by atoms with Crippen LogP contribution < -0.4 is 0 Å². The topological polar surface area (TPSA) is 25.3 Å². The SMILES string of the molecule is C=CCCc1ccccc1C1=CC(CCCCCCCCCCCCCCCCCCCCCCC)=C(c2ccccc2CCC=C)[N+]1=[N-]. The van der Waals surface area contributed by atoms with Crippen LogP contribution in [0.2, 0.25) is 0 Å². The minimum absolute atomic E-state index is 0.895. The van der Waals surface area contributed by atoms with Crippen LogP contribution in [0.15, 0.2) is 85.5 Å². The molecule has 1 heterocycles. The van der Waals surface area contributed by atoms with Crippen molar-refractivity contribution in [3.63, 3.8) is 0 Å². The standard InChI is InChI=1S/C47H70N2/c1-4-7-10-11-12-13-14-15-16-17-18-19-20-21-22-23-24-25-26-27-28-37-43-40-46(44-38-31-29-35-41(44)33-8-5-2)49(48)47(43)45-39-32-30-36-42(45)34-9-6-3/h5-6,29-32,35-36,38-40H,2-4,7-28,33-34,37H2,1H3. The molecule has 49 heavy (non-hydrogen) atoms. The highest BCUT2D eigenvalue weighted by Gasteiger charge is 2.30. The van der Waals surface area contributed by atoms with Crippen LogP contribution >= 0.6 is 0 Å². The molecule has 0 N–H and O–H groups in total. The number of benzene rings is 2. The normalized spacial score (nSPS) is 12.9. The van der Waals surface area contributed by atoms with Crippen molar-refractivity contribution in [2.45, 2.75) is 174 Å². The van der Waals surface area contributed by atoms with Gasteiger partial charge in [0.25, 0.3) is 0 Å². The van der Waals surface area contributed by atoms with Gasteiger partial charge in [0.1, 0.15) is 0 Å². The number of rotatable bonds is 30. The van der Waals surface area contributed by atoms with Crippen LogP contribution in [0.3, 0.4) is 0 Å². The van der Waals surface area contributed by atoms with Crippen molar-refractivity contribution in [2.75, 3.05) is 0 Å². The quantitative estimate of drug-likeness (QED) is 0.0452. The lowest BCUT2D eigenvalue weighted by Gasteiger charge is -2.14. The number of hydrogen-bond acceptors (Lipinski definition) is 0. The summed E-state index contributed by atoms with van der Waals surface area (Å²) in [6.07, 6.45) is 40.3. The van der Waals surface area contributed by atoms with Crippen LogP contribution in [-0.2, 0) is 12.8 Å². The van der Waals surface area contributed by atoms with E-state index in [-0.39, 0.29) is 0 Å². The molecule has 0 bridgehead atoms. The highest BCUT2D eigenvalue weighted by atomic mass is 15.2. The first kappa shape index (κ1) is 40.4. The Kier molecular flexibility index (Phi) is 21.4. The van der Waals surface area contributed by atoms with E-state index in [2.05, 4.69) is 74.7 Å². The van der Waals surface area contributed by atoms with Crippen LogP contribution in [0.5, 0.6) is 0 Å². The van der Waals surface area contributed by atoms with Gasteiger partial charge in [-0.1, -0.05) is 184 Å². The van der Waals surface area contributed by atoms with Crippen molar-refractivity contribution in [1.29, 1.82) is 0 Å². The number of allylic oxidation sites excluding steroid dienone is 4. The lowest BCUT2D eigenvalue weighted by atomic mass is 9.96. The first-order chi connectivity index (χ1) is 24.2. The molecule has 0 aliphatic carbocycles. The number of aryl methyl sites for hydroxylation is 2. The molecule has 1 aliphatic heterocycles. The van der Waals surface area contributed by atoms with E-state index < -0.39 is 0 Å². The van der Waals surface area contributed by atoms with Gasteiger partial charge in [0.15, 0.2) is 0 Å². The molecule has 0 atom stereocenters. The molecule has 3 rings (SSSR count). The van der Waals surface area contributed by atoms with Crippen LogP contribution in [0.25, 0.3) is 16.9 Å². The maximum Gasteiger partial charge on any atom is 0.211 e. The molecule has 2 aromatic rings. The van der Waals surface area contributed by atoms with Crippen LogP contribution in [-0.4, -0.2) is 4.70 Å². The Bertz CT molecular complexity index is 1290. The van der Waals surface area contributed by atoms with Gasteiger partial charge in [0.05, 0.1) is 0 Å². The predicted molar refractivity (Wildman–Crippen MR) is 216 cm³/mol. The summed E-state index contributed by atoms with van der Waals surface area (Å²) in [7, 11) is 0. The van der Waals surface area contributed by atoms with Crippen molar-refractivity contribution in [1.82, 2.24) is 0 Å². The zero-order chi connectivity index (χ0) is 34.8. The Balaban J connectivity index is 1.38. The minimum Gasteiger partial charge on any atom is -0.493 e. The fraction of sp³-hybridized carbons (Fsp3) is 0.574. The third kappa shape index (κ3) is 15.2. The van der Waals surface area contributed by atoms with Gasteiger partial charge in [-0.3, -0.25) is 0 Å². The van der Waals surface area contributed by atoms with E-state index in [9.17, 15) is 5.53 Å². The Morgan fingerprint density at radius 2 is 0.898 bits per heavy atom. The van der Waals surface area contributed by atoms with Gasteiger partial charge in [-0.2, -0.15) is 0 Å². The highest BCUT2D eigenvalue weighted by molar-refractivity contribution is 5.80. The van der Waals surface area contributed by atoms with Gasteiger partial charge in [-0.05, 0) is 61.8 Å². The second-order valence-electron chi connectivity index (χ2n) is 14.5. The molecule has 0 saturated heterocycles. The third-order valence-corrected chi connectivity index (χ3v) is 10.4. The maximum atomic E-state index is 11.8. The van der Waals surface area contributed by atoms with Crippen molar-refractivity contribution >= 4 is 11.4 Å². The maximum absolute atomic E-state index is 11.8. The van der Waals surface area contributed by atoms with Crippen LogP contribution in [0, 0.1) is 0 Å². The summed E-state index contributed by atoms with van der Waals surface area (Å²) in [5.41, 5.74) is 19.6. The average molecular weight is 663 g/mol. The second kappa shape index (κ2) is 25.9. The van der Waals surface area contributed by atoms with Crippen LogP contribution in [0.1, 0.15) is 183 Å². The molecule has 2 heteroatoms. The summed E-state index contributed by atoms with van der Waals surface area (Å²) in [6.45, 7) is 10.2. The molecule has 2 nitrogen and oxygen atoms in total. The first-order valence-corrected chi connectivity index (χ1v) is 20.5. The molecular weight excluding hydrogens is 593 g/mol. The molecule has 0 saturated carbocycles. The lowest BCUT2D eigenvalue weighted by Crippen LogP contribution is -2.06. The zero-order valence-corrected chi connectivity index (χ0v) is 31.5. The van der Waals surface area contributed by atoms with E-state index in [1.807, 2.05) is 12.2 Å². The van der Waals surface area contributed by atoms with Gasteiger partial charge in [0.2, 0.25) is 11.4 Å². The van der Waals surface area contributed by atoms with Gasteiger partial charge >= 0.3 is 0 Å². The van der Waals surface area contributed by atoms with E-state index in [1.54, 1.807) is 0 Å². The number of unbranched alkanes of at least 4 members (excludes halogenated alkanes) is 20. The van der Waals surface area contributed by atoms with Crippen molar-refractivity contribution in [3.05, 3.63) is 113 Å². The van der Waals surface area contributed by atoms with E-state index in [0.717, 1.165) is 61.0 Å².